The largest absolute Gasteiger partial charge is 0.347 e. The Morgan fingerprint density at radius 2 is 2.15 bits per heavy atom. The maximum absolute atomic E-state index is 13.0. The second-order valence-electron chi connectivity index (χ2n) is 6.35. The second-order valence-corrected chi connectivity index (χ2v) is 6.35. The van der Waals surface area contributed by atoms with Crippen LogP contribution in [-0.4, -0.2) is 61.4 Å². The van der Waals surface area contributed by atoms with Crippen molar-refractivity contribution >= 4 is 11.8 Å². The molecule has 2 heterocycles. The summed E-state index contributed by atoms with van der Waals surface area (Å²) in [6.45, 7) is 4.53. The molecule has 2 unspecified atom stereocenters. The number of nitrogens with one attached hydrogen (secondary N) is 1. The van der Waals surface area contributed by atoms with Gasteiger partial charge < -0.3 is 15.1 Å². The third-order valence-corrected chi connectivity index (χ3v) is 4.67. The van der Waals surface area contributed by atoms with Crippen LogP contribution < -0.4 is 5.32 Å². The SMILES string of the molecule is CCCC1(C(=O)N2CCCC2C(=O)N(C)C)CCNC1. The first kappa shape index (κ1) is 15.3. The Labute approximate surface area is 121 Å². The summed E-state index contributed by atoms with van der Waals surface area (Å²) in [5.41, 5.74) is -0.274. The van der Waals surface area contributed by atoms with Crippen molar-refractivity contribution in [3.63, 3.8) is 0 Å². The average Bonchev–Trinajstić information content (AvgIpc) is 3.06. The fourth-order valence-electron chi connectivity index (χ4n) is 3.59. The first-order valence-electron chi connectivity index (χ1n) is 7.75. The third-order valence-electron chi connectivity index (χ3n) is 4.67. The smallest absolute Gasteiger partial charge is 0.244 e. The van der Waals surface area contributed by atoms with Gasteiger partial charge in [0.05, 0.1) is 5.41 Å². The van der Waals surface area contributed by atoms with E-state index in [0.717, 1.165) is 51.7 Å². The van der Waals surface area contributed by atoms with Crippen molar-refractivity contribution in [3.8, 4) is 0 Å². The molecule has 2 amide bonds. The second kappa shape index (κ2) is 6.12. The molecule has 0 bridgehead atoms. The summed E-state index contributed by atoms with van der Waals surface area (Å²) in [6.07, 6.45) is 4.56. The molecule has 5 heteroatoms. The van der Waals surface area contributed by atoms with E-state index in [2.05, 4.69) is 12.2 Å². The van der Waals surface area contributed by atoms with Gasteiger partial charge >= 0.3 is 0 Å². The molecule has 1 N–H and O–H groups in total. The van der Waals surface area contributed by atoms with Gasteiger partial charge in [-0.15, -0.1) is 0 Å². The lowest BCUT2D eigenvalue weighted by molar-refractivity contribution is -0.148. The fourth-order valence-corrected chi connectivity index (χ4v) is 3.59. The number of nitrogens with zero attached hydrogens (tertiary/aromatic N) is 2. The van der Waals surface area contributed by atoms with E-state index in [1.807, 2.05) is 4.90 Å². The highest BCUT2D eigenvalue weighted by atomic mass is 16.2. The van der Waals surface area contributed by atoms with Gasteiger partial charge in [-0.2, -0.15) is 0 Å². The predicted molar refractivity (Wildman–Crippen MR) is 78.3 cm³/mol. The molecule has 2 saturated heterocycles. The Kier molecular flexibility index (Phi) is 4.68. The molecule has 0 saturated carbocycles. The van der Waals surface area contributed by atoms with Crippen molar-refractivity contribution < 1.29 is 9.59 Å². The van der Waals surface area contributed by atoms with Crippen molar-refractivity contribution in [1.29, 1.82) is 0 Å². The van der Waals surface area contributed by atoms with Gasteiger partial charge in [0.15, 0.2) is 0 Å². The van der Waals surface area contributed by atoms with Crippen LogP contribution in [-0.2, 0) is 9.59 Å². The van der Waals surface area contributed by atoms with Gasteiger partial charge in [0, 0.05) is 27.2 Å². The van der Waals surface area contributed by atoms with E-state index in [-0.39, 0.29) is 23.3 Å². The van der Waals surface area contributed by atoms with Gasteiger partial charge in [-0.1, -0.05) is 13.3 Å². The minimum Gasteiger partial charge on any atom is -0.347 e. The van der Waals surface area contributed by atoms with Crippen molar-refractivity contribution in [1.82, 2.24) is 15.1 Å². The van der Waals surface area contributed by atoms with Crippen LogP contribution in [0.4, 0.5) is 0 Å². The highest BCUT2D eigenvalue weighted by molar-refractivity contribution is 5.91. The minimum atomic E-state index is -0.274. The lowest BCUT2D eigenvalue weighted by atomic mass is 9.81. The summed E-state index contributed by atoms with van der Waals surface area (Å²) in [4.78, 5) is 28.7. The lowest BCUT2D eigenvalue weighted by Gasteiger charge is -2.35. The molecule has 2 fully saturated rings. The Bertz CT molecular complexity index is 375. The van der Waals surface area contributed by atoms with Gasteiger partial charge in [0.2, 0.25) is 11.8 Å². The van der Waals surface area contributed by atoms with Crippen LogP contribution in [0, 0.1) is 5.41 Å². The standard InChI is InChI=1S/C15H27N3O2/c1-4-7-15(8-9-16-11-15)14(20)18-10-5-6-12(18)13(19)17(2)3/h12,16H,4-11H2,1-3H3. The molecule has 0 aliphatic carbocycles. The lowest BCUT2D eigenvalue weighted by Crippen LogP contribution is -2.51. The van der Waals surface area contributed by atoms with Crippen LogP contribution >= 0.6 is 0 Å². The number of carbonyl (C=O) groups excluding carboxylic acids is 2. The van der Waals surface area contributed by atoms with Gasteiger partial charge in [-0.3, -0.25) is 9.59 Å². The van der Waals surface area contributed by atoms with E-state index in [0.29, 0.717) is 0 Å². The zero-order valence-corrected chi connectivity index (χ0v) is 12.9. The average molecular weight is 281 g/mol. The number of amides is 2. The molecule has 2 aliphatic rings. The minimum absolute atomic E-state index is 0.0634. The summed E-state index contributed by atoms with van der Waals surface area (Å²) < 4.78 is 0. The number of likely N-dealkylation sites (N-methyl/N-ethyl adjacent to an activating group) is 1. The zero-order chi connectivity index (χ0) is 14.8. The fraction of sp³-hybridized carbons (Fsp3) is 0.867. The van der Waals surface area contributed by atoms with E-state index in [4.69, 9.17) is 0 Å². The Hall–Kier alpha value is -1.10. The molecular formula is C15H27N3O2. The normalized spacial score (nSPS) is 29.8. The van der Waals surface area contributed by atoms with Gasteiger partial charge in [-0.05, 0) is 32.2 Å². The molecule has 2 rings (SSSR count). The topological polar surface area (TPSA) is 52.7 Å². The predicted octanol–water partition coefficient (Wildman–Crippen LogP) is 0.845. The zero-order valence-electron chi connectivity index (χ0n) is 12.9. The molecule has 5 nitrogen and oxygen atoms in total. The molecular weight excluding hydrogens is 254 g/mol. The summed E-state index contributed by atoms with van der Waals surface area (Å²) in [5, 5.41) is 3.33. The van der Waals surface area contributed by atoms with Crippen LogP contribution in [0.1, 0.15) is 39.0 Å². The highest BCUT2D eigenvalue weighted by Crippen LogP contribution is 2.36. The molecule has 0 aromatic heterocycles. The molecule has 2 aliphatic heterocycles. The van der Waals surface area contributed by atoms with Crippen LogP contribution in [0.3, 0.4) is 0 Å². The third kappa shape index (κ3) is 2.68. The maximum Gasteiger partial charge on any atom is 0.244 e. The number of hydrogen-bond donors (Lipinski definition) is 1. The molecule has 0 aromatic carbocycles. The van der Waals surface area contributed by atoms with Crippen LogP contribution in [0.15, 0.2) is 0 Å². The quantitative estimate of drug-likeness (QED) is 0.831. The molecule has 0 aromatic rings. The van der Waals surface area contributed by atoms with Crippen LogP contribution in [0.5, 0.6) is 0 Å². The summed E-state index contributed by atoms with van der Waals surface area (Å²) in [6, 6.07) is -0.244. The first-order valence-corrected chi connectivity index (χ1v) is 7.75. The van der Waals surface area contributed by atoms with Crippen LogP contribution in [0.25, 0.3) is 0 Å². The van der Waals surface area contributed by atoms with Crippen molar-refractivity contribution in [3.05, 3.63) is 0 Å². The van der Waals surface area contributed by atoms with E-state index in [9.17, 15) is 9.59 Å². The van der Waals surface area contributed by atoms with E-state index >= 15 is 0 Å². The number of hydrogen-bond acceptors (Lipinski definition) is 3. The van der Waals surface area contributed by atoms with Crippen molar-refractivity contribution in [2.24, 2.45) is 5.41 Å². The van der Waals surface area contributed by atoms with Gasteiger partial charge in [0.1, 0.15) is 6.04 Å². The summed E-state index contributed by atoms with van der Waals surface area (Å²) >= 11 is 0. The number of carbonyl (C=O) groups is 2. The monoisotopic (exact) mass is 281 g/mol. The number of rotatable bonds is 4. The van der Waals surface area contributed by atoms with Crippen molar-refractivity contribution in [2.75, 3.05) is 33.7 Å². The van der Waals surface area contributed by atoms with E-state index < -0.39 is 0 Å². The van der Waals surface area contributed by atoms with Crippen molar-refractivity contribution in [2.45, 2.75) is 45.1 Å². The van der Waals surface area contributed by atoms with Gasteiger partial charge in [0.25, 0.3) is 0 Å². The molecule has 0 radical (unpaired) electrons. The van der Waals surface area contributed by atoms with Crippen LogP contribution in [0.2, 0.25) is 0 Å². The Morgan fingerprint density at radius 1 is 1.40 bits per heavy atom. The molecule has 20 heavy (non-hydrogen) atoms. The maximum atomic E-state index is 13.0. The highest BCUT2D eigenvalue weighted by Gasteiger charge is 2.46. The van der Waals surface area contributed by atoms with E-state index in [1.165, 1.54) is 0 Å². The van der Waals surface area contributed by atoms with E-state index in [1.54, 1.807) is 19.0 Å². The summed E-state index contributed by atoms with van der Waals surface area (Å²) in [5.74, 6) is 0.260. The molecule has 0 spiro atoms. The Morgan fingerprint density at radius 3 is 2.70 bits per heavy atom. The molecule has 114 valence electrons. The summed E-state index contributed by atoms with van der Waals surface area (Å²) in [7, 11) is 3.53. The van der Waals surface area contributed by atoms with Gasteiger partial charge in [-0.25, -0.2) is 0 Å². The number of likely N-dealkylation sites (tertiary alicyclic amines) is 1. The Balaban J connectivity index is 2.16. The molecule has 2 atom stereocenters. The first-order chi connectivity index (χ1) is 9.52.